The fourth-order valence-corrected chi connectivity index (χ4v) is 3.07. The van der Waals surface area contributed by atoms with Crippen molar-refractivity contribution in [2.75, 3.05) is 11.9 Å². The maximum Gasteiger partial charge on any atom is 0.306 e. The normalized spacial score (nSPS) is 22.3. The van der Waals surface area contributed by atoms with Gasteiger partial charge in [0.25, 0.3) is 5.78 Å². The van der Waals surface area contributed by atoms with Gasteiger partial charge in [-0.25, -0.2) is 4.98 Å². The van der Waals surface area contributed by atoms with E-state index >= 15 is 0 Å². The van der Waals surface area contributed by atoms with Gasteiger partial charge in [-0.15, -0.1) is 0 Å². The highest BCUT2D eigenvalue weighted by Crippen LogP contribution is 2.30. The van der Waals surface area contributed by atoms with Crippen molar-refractivity contribution < 1.29 is 9.90 Å². The maximum absolute atomic E-state index is 11.3. The van der Waals surface area contributed by atoms with Crippen LogP contribution in [0, 0.1) is 18.8 Å². The molecule has 0 spiro atoms. The van der Waals surface area contributed by atoms with Crippen molar-refractivity contribution in [2.24, 2.45) is 11.8 Å². The molecule has 21 heavy (non-hydrogen) atoms. The molecule has 1 fully saturated rings. The first kappa shape index (κ1) is 13.8. The van der Waals surface area contributed by atoms with Crippen LogP contribution in [-0.4, -0.2) is 37.2 Å². The summed E-state index contributed by atoms with van der Waals surface area (Å²) in [6.45, 7) is 2.54. The Hall–Kier alpha value is -2.18. The molecule has 0 bridgehead atoms. The predicted molar refractivity (Wildman–Crippen MR) is 77.1 cm³/mol. The zero-order valence-electron chi connectivity index (χ0n) is 12.0. The molecule has 0 aromatic carbocycles. The van der Waals surface area contributed by atoms with Crippen LogP contribution in [0.5, 0.6) is 0 Å². The smallest absolute Gasteiger partial charge is 0.306 e. The van der Waals surface area contributed by atoms with Gasteiger partial charge in [0.2, 0.25) is 0 Å². The van der Waals surface area contributed by atoms with Gasteiger partial charge in [0.05, 0.1) is 5.92 Å². The summed E-state index contributed by atoms with van der Waals surface area (Å²) in [7, 11) is 0. The Morgan fingerprint density at radius 1 is 1.48 bits per heavy atom. The fourth-order valence-electron chi connectivity index (χ4n) is 3.07. The van der Waals surface area contributed by atoms with Crippen LogP contribution in [0.2, 0.25) is 0 Å². The standard InChI is InChI=1S/C14H19N5O2/c1-9-6-12(19-14(18-9)16-8-17-19)15-7-10-4-2-3-5-11(10)13(20)21/h6,8,10-11,15H,2-5,7H2,1H3,(H,20,21). The van der Waals surface area contributed by atoms with Gasteiger partial charge < -0.3 is 10.4 Å². The number of carbonyl (C=O) groups is 1. The maximum atomic E-state index is 11.3. The van der Waals surface area contributed by atoms with Crippen LogP contribution in [-0.2, 0) is 4.79 Å². The summed E-state index contributed by atoms with van der Waals surface area (Å²) in [5.41, 5.74) is 0.858. The molecule has 0 saturated heterocycles. The van der Waals surface area contributed by atoms with Gasteiger partial charge in [-0.1, -0.05) is 12.8 Å². The lowest BCUT2D eigenvalue weighted by molar-refractivity contribution is -0.144. The Balaban J connectivity index is 1.76. The molecule has 0 aliphatic heterocycles. The lowest BCUT2D eigenvalue weighted by Crippen LogP contribution is -2.32. The van der Waals surface area contributed by atoms with Crippen molar-refractivity contribution in [3.8, 4) is 0 Å². The highest BCUT2D eigenvalue weighted by Gasteiger charge is 2.30. The van der Waals surface area contributed by atoms with E-state index in [-0.39, 0.29) is 11.8 Å². The second-order valence-corrected chi connectivity index (χ2v) is 5.62. The second-order valence-electron chi connectivity index (χ2n) is 5.62. The molecule has 2 aromatic rings. The third kappa shape index (κ3) is 2.81. The van der Waals surface area contributed by atoms with E-state index in [0.29, 0.717) is 12.3 Å². The molecule has 1 saturated carbocycles. The summed E-state index contributed by atoms with van der Waals surface area (Å²) in [5, 5.41) is 16.8. The van der Waals surface area contributed by atoms with Gasteiger partial charge in [0.15, 0.2) is 0 Å². The number of anilines is 1. The lowest BCUT2D eigenvalue weighted by atomic mass is 9.79. The number of nitrogens with one attached hydrogen (secondary N) is 1. The van der Waals surface area contributed by atoms with E-state index < -0.39 is 5.97 Å². The summed E-state index contributed by atoms with van der Waals surface area (Å²) in [4.78, 5) is 19.7. The Kier molecular flexibility index (Phi) is 3.72. The number of carboxylic acid groups (broad SMARTS) is 1. The van der Waals surface area contributed by atoms with Crippen molar-refractivity contribution >= 4 is 17.6 Å². The van der Waals surface area contributed by atoms with Crippen LogP contribution in [0.1, 0.15) is 31.4 Å². The molecule has 7 nitrogen and oxygen atoms in total. The number of aromatic nitrogens is 4. The SMILES string of the molecule is Cc1cc(NCC2CCCCC2C(=O)O)n2ncnc2n1. The molecular formula is C14H19N5O2. The average molecular weight is 289 g/mol. The number of rotatable bonds is 4. The van der Waals surface area contributed by atoms with E-state index in [4.69, 9.17) is 0 Å². The van der Waals surface area contributed by atoms with Crippen molar-refractivity contribution in [2.45, 2.75) is 32.6 Å². The Morgan fingerprint density at radius 2 is 2.29 bits per heavy atom. The molecule has 0 amide bonds. The minimum Gasteiger partial charge on any atom is -0.481 e. The molecule has 112 valence electrons. The minimum absolute atomic E-state index is 0.156. The third-order valence-electron chi connectivity index (χ3n) is 4.15. The first-order valence-electron chi connectivity index (χ1n) is 7.29. The molecule has 2 heterocycles. The summed E-state index contributed by atoms with van der Waals surface area (Å²) in [5.74, 6) is 0.586. The predicted octanol–water partition coefficient (Wildman–Crippen LogP) is 1.74. The molecule has 3 rings (SSSR count). The number of fused-ring (bicyclic) bond motifs is 1. The van der Waals surface area contributed by atoms with E-state index in [1.54, 1.807) is 4.52 Å². The van der Waals surface area contributed by atoms with Crippen LogP contribution in [0.4, 0.5) is 5.82 Å². The summed E-state index contributed by atoms with van der Waals surface area (Å²) in [6.07, 6.45) is 5.30. The van der Waals surface area contributed by atoms with Crippen molar-refractivity contribution in [3.63, 3.8) is 0 Å². The first-order valence-corrected chi connectivity index (χ1v) is 7.29. The number of hydrogen-bond donors (Lipinski definition) is 2. The molecular weight excluding hydrogens is 270 g/mol. The molecule has 2 aromatic heterocycles. The van der Waals surface area contributed by atoms with Crippen molar-refractivity contribution in [1.29, 1.82) is 0 Å². The lowest BCUT2D eigenvalue weighted by Gasteiger charge is -2.28. The topological polar surface area (TPSA) is 92.4 Å². The summed E-state index contributed by atoms with van der Waals surface area (Å²) in [6, 6.07) is 1.90. The molecule has 7 heteroatoms. The van der Waals surface area contributed by atoms with Crippen molar-refractivity contribution in [3.05, 3.63) is 18.1 Å². The van der Waals surface area contributed by atoms with E-state index in [0.717, 1.165) is 37.2 Å². The van der Waals surface area contributed by atoms with Gasteiger partial charge in [0, 0.05) is 18.3 Å². The van der Waals surface area contributed by atoms with Crippen LogP contribution in [0.15, 0.2) is 12.4 Å². The van der Waals surface area contributed by atoms with Gasteiger partial charge in [-0.3, -0.25) is 4.79 Å². The minimum atomic E-state index is -0.682. The monoisotopic (exact) mass is 289 g/mol. The van der Waals surface area contributed by atoms with Crippen LogP contribution in [0.3, 0.4) is 0 Å². The largest absolute Gasteiger partial charge is 0.481 e. The van der Waals surface area contributed by atoms with Gasteiger partial charge in [-0.2, -0.15) is 14.6 Å². The second kappa shape index (κ2) is 5.67. The summed E-state index contributed by atoms with van der Waals surface area (Å²) >= 11 is 0. The molecule has 2 N–H and O–H groups in total. The number of carboxylic acids is 1. The number of hydrogen-bond acceptors (Lipinski definition) is 5. The molecule has 1 aliphatic rings. The van der Waals surface area contributed by atoms with Crippen LogP contribution < -0.4 is 5.32 Å². The molecule has 0 radical (unpaired) electrons. The van der Waals surface area contributed by atoms with E-state index in [1.165, 1.54) is 6.33 Å². The highest BCUT2D eigenvalue weighted by atomic mass is 16.4. The van der Waals surface area contributed by atoms with Crippen molar-refractivity contribution in [1.82, 2.24) is 19.6 Å². The highest BCUT2D eigenvalue weighted by molar-refractivity contribution is 5.70. The zero-order chi connectivity index (χ0) is 14.8. The van der Waals surface area contributed by atoms with E-state index in [9.17, 15) is 9.90 Å². The first-order chi connectivity index (χ1) is 10.1. The quantitative estimate of drug-likeness (QED) is 0.890. The van der Waals surface area contributed by atoms with Crippen LogP contribution in [0.25, 0.3) is 5.78 Å². The number of aryl methyl sites for hydroxylation is 1. The Morgan fingerprint density at radius 3 is 3.10 bits per heavy atom. The van der Waals surface area contributed by atoms with Gasteiger partial charge in [0.1, 0.15) is 12.1 Å². The fraction of sp³-hybridized carbons (Fsp3) is 0.571. The average Bonchev–Trinajstić information content (AvgIpc) is 2.93. The Labute approximate surface area is 122 Å². The Bertz CT molecular complexity index is 654. The molecule has 2 unspecified atom stereocenters. The third-order valence-corrected chi connectivity index (χ3v) is 4.15. The molecule has 1 aliphatic carbocycles. The molecule has 2 atom stereocenters. The number of nitrogens with zero attached hydrogens (tertiary/aromatic N) is 4. The van der Waals surface area contributed by atoms with E-state index in [2.05, 4.69) is 20.4 Å². The van der Waals surface area contributed by atoms with Gasteiger partial charge >= 0.3 is 5.97 Å². The summed E-state index contributed by atoms with van der Waals surface area (Å²) < 4.78 is 1.64. The number of aliphatic carboxylic acids is 1. The van der Waals surface area contributed by atoms with Crippen LogP contribution >= 0.6 is 0 Å². The van der Waals surface area contributed by atoms with E-state index in [1.807, 2.05) is 13.0 Å². The van der Waals surface area contributed by atoms with Gasteiger partial charge in [-0.05, 0) is 25.7 Å². The zero-order valence-corrected chi connectivity index (χ0v) is 12.0.